The maximum absolute atomic E-state index is 12.3. The topological polar surface area (TPSA) is 107 Å². The van der Waals surface area contributed by atoms with Crippen LogP contribution in [0.15, 0.2) is 40.8 Å². The van der Waals surface area contributed by atoms with Gasteiger partial charge in [0.1, 0.15) is 23.5 Å². The first-order chi connectivity index (χ1) is 15.5. The van der Waals surface area contributed by atoms with Gasteiger partial charge < -0.3 is 24.5 Å². The van der Waals surface area contributed by atoms with Crippen molar-refractivity contribution in [2.75, 3.05) is 25.6 Å². The molecule has 0 spiro atoms. The van der Waals surface area contributed by atoms with E-state index < -0.39 is 18.5 Å². The highest BCUT2D eigenvalue weighted by Crippen LogP contribution is 2.36. The molecule has 3 aromatic rings. The van der Waals surface area contributed by atoms with Crippen LogP contribution in [0.25, 0.3) is 21.9 Å². The second-order valence-electron chi connectivity index (χ2n) is 7.91. The minimum absolute atomic E-state index is 0.0412. The Morgan fingerprint density at radius 2 is 1.81 bits per heavy atom. The van der Waals surface area contributed by atoms with Crippen molar-refractivity contribution in [2.24, 2.45) is 5.92 Å². The molecule has 0 atom stereocenters. The summed E-state index contributed by atoms with van der Waals surface area (Å²) in [5.74, 6) is -0.895. The molecule has 2 amide bonds. The van der Waals surface area contributed by atoms with E-state index in [-0.39, 0.29) is 18.4 Å². The van der Waals surface area contributed by atoms with Crippen molar-refractivity contribution in [2.45, 2.75) is 32.1 Å². The van der Waals surface area contributed by atoms with Crippen molar-refractivity contribution in [1.82, 2.24) is 5.32 Å². The molecule has 1 aliphatic carbocycles. The fourth-order valence-electron chi connectivity index (χ4n) is 4.07. The second-order valence-corrected chi connectivity index (χ2v) is 7.91. The summed E-state index contributed by atoms with van der Waals surface area (Å²) in [6.07, 6.45) is 4.91. The molecule has 1 aromatic heterocycles. The molecule has 1 saturated carbocycles. The van der Waals surface area contributed by atoms with Crippen LogP contribution in [0, 0.1) is 5.92 Å². The highest BCUT2D eigenvalue weighted by atomic mass is 16.5. The standard InChI is InChI=1S/C24H26N2O6/c1-30-21-11-17-16-9-5-6-10-19(16)32-20(17)12-18(21)26-22(27)14-31-23(28)13-25-24(29)15-7-3-2-4-8-15/h5-6,9-12,15H,2-4,7-8,13-14H2,1H3,(H,25,29)(H,26,27). The number of rotatable bonds is 7. The second kappa shape index (κ2) is 9.72. The third kappa shape index (κ3) is 4.85. The predicted octanol–water partition coefficient (Wildman–Crippen LogP) is 3.77. The van der Waals surface area contributed by atoms with Gasteiger partial charge in [-0.15, -0.1) is 0 Å². The fraction of sp³-hybridized carbons (Fsp3) is 0.375. The largest absolute Gasteiger partial charge is 0.495 e. The quantitative estimate of drug-likeness (QED) is 0.544. The number of furan rings is 1. The summed E-state index contributed by atoms with van der Waals surface area (Å²) >= 11 is 0. The number of carbonyl (C=O) groups is 3. The third-order valence-electron chi connectivity index (χ3n) is 5.72. The van der Waals surface area contributed by atoms with Crippen LogP contribution in [0.5, 0.6) is 5.75 Å². The van der Waals surface area contributed by atoms with E-state index in [1.165, 1.54) is 7.11 Å². The Kier molecular flexibility index (Phi) is 6.58. The van der Waals surface area contributed by atoms with Gasteiger partial charge in [-0.2, -0.15) is 0 Å². The van der Waals surface area contributed by atoms with E-state index in [9.17, 15) is 14.4 Å². The Morgan fingerprint density at radius 1 is 1.03 bits per heavy atom. The molecule has 1 aliphatic rings. The minimum Gasteiger partial charge on any atom is -0.495 e. The molecule has 32 heavy (non-hydrogen) atoms. The fourth-order valence-corrected chi connectivity index (χ4v) is 4.07. The van der Waals surface area contributed by atoms with Gasteiger partial charge in [-0.3, -0.25) is 14.4 Å². The Morgan fingerprint density at radius 3 is 2.59 bits per heavy atom. The van der Waals surface area contributed by atoms with Gasteiger partial charge in [-0.1, -0.05) is 37.5 Å². The molecule has 2 N–H and O–H groups in total. The molecule has 1 fully saturated rings. The number of methoxy groups -OCH3 is 1. The summed E-state index contributed by atoms with van der Waals surface area (Å²) in [4.78, 5) is 36.3. The molecule has 0 unspecified atom stereocenters. The molecule has 0 aliphatic heterocycles. The zero-order valence-electron chi connectivity index (χ0n) is 17.9. The lowest BCUT2D eigenvalue weighted by molar-refractivity contribution is -0.147. The van der Waals surface area contributed by atoms with Crippen molar-refractivity contribution >= 4 is 45.4 Å². The average molecular weight is 438 g/mol. The molecule has 4 rings (SSSR count). The number of fused-ring (bicyclic) bond motifs is 3. The van der Waals surface area contributed by atoms with Crippen LogP contribution in [0.1, 0.15) is 32.1 Å². The number of amides is 2. The van der Waals surface area contributed by atoms with Crippen LogP contribution >= 0.6 is 0 Å². The van der Waals surface area contributed by atoms with Crippen LogP contribution in [0.2, 0.25) is 0 Å². The first-order valence-corrected chi connectivity index (χ1v) is 10.8. The van der Waals surface area contributed by atoms with Crippen LogP contribution in [-0.2, 0) is 19.1 Å². The first kappa shape index (κ1) is 21.7. The van der Waals surface area contributed by atoms with E-state index in [2.05, 4.69) is 10.6 Å². The maximum atomic E-state index is 12.3. The van der Waals surface area contributed by atoms with Gasteiger partial charge in [0.15, 0.2) is 6.61 Å². The normalized spacial score (nSPS) is 14.3. The molecule has 8 nitrogen and oxygen atoms in total. The summed E-state index contributed by atoms with van der Waals surface area (Å²) in [7, 11) is 1.51. The Balaban J connectivity index is 1.32. The number of hydrogen-bond acceptors (Lipinski definition) is 6. The van der Waals surface area contributed by atoms with Gasteiger partial charge in [0.25, 0.3) is 5.91 Å². The summed E-state index contributed by atoms with van der Waals surface area (Å²) in [5.41, 5.74) is 1.74. The van der Waals surface area contributed by atoms with Crippen LogP contribution in [0.3, 0.4) is 0 Å². The number of benzene rings is 2. The zero-order chi connectivity index (χ0) is 22.5. The van der Waals surface area contributed by atoms with Crippen LogP contribution in [0.4, 0.5) is 5.69 Å². The van der Waals surface area contributed by atoms with Crippen molar-refractivity contribution in [3.63, 3.8) is 0 Å². The molecule has 0 saturated heterocycles. The monoisotopic (exact) mass is 438 g/mol. The van der Waals surface area contributed by atoms with Crippen molar-refractivity contribution in [3.05, 3.63) is 36.4 Å². The third-order valence-corrected chi connectivity index (χ3v) is 5.72. The molecule has 8 heteroatoms. The average Bonchev–Trinajstić information content (AvgIpc) is 3.18. The first-order valence-electron chi connectivity index (χ1n) is 10.8. The van der Waals surface area contributed by atoms with Crippen molar-refractivity contribution in [1.29, 1.82) is 0 Å². The summed E-state index contributed by atoms with van der Waals surface area (Å²) in [5, 5.41) is 7.10. The van der Waals surface area contributed by atoms with Crippen molar-refractivity contribution < 1.29 is 28.3 Å². The number of anilines is 1. The number of hydrogen-bond donors (Lipinski definition) is 2. The zero-order valence-corrected chi connectivity index (χ0v) is 17.9. The highest BCUT2D eigenvalue weighted by Gasteiger charge is 2.22. The lowest BCUT2D eigenvalue weighted by Gasteiger charge is -2.20. The van der Waals surface area contributed by atoms with E-state index in [0.717, 1.165) is 48.5 Å². The molecule has 2 aromatic carbocycles. The maximum Gasteiger partial charge on any atom is 0.325 e. The number of nitrogens with one attached hydrogen (secondary N) is 2. The molecule has 1 heterocycles. The summed E-state index contributed by atoms with van der Waals surface area (Å²) in [6, 6.07) is 11.1. The molecule has 0 bridgehead atoms. The lowest BCUT2D eigenvalue weighted by Crippen LogP contribution is -2.36. The van der Waals surface area contributed by atoms with E-state index in [4.69, 9.17) is 13.9 Å². The van der Waals surface area contributed by atoms with E-state index in [1.54, 1.807) is 12.1 Å². The highest BCUT2D eigenvalue weighted by molar-refractivity contribution is 6.07. The van der Waals surface area contributed by atoms with Gasteiger partial charge in [0.05, 0.1) is 12.8 Å². The predicted molar refractivity (Wildman–Crippen MR) is 119 cm³/mol. The van der Waals surface area contributed by atoms with E-state index in [0.29, 0.717) is 17.0 Å². The number of para-hydroxylation sites is 1. The number of esters is 1. The van der Waals surface area contributed by atoms with E-state index >= 15 is 0 Å². The van der Waals surface area contributed by atoms with Gasteiger partial charge in [-0.05, 0) is 25.0 Å². The van der Waals surface area contributed by atoms with Crippen LogP contribution < -0.4 is 15.4 Å². The smallest absolute Gasteiger partial charge is 0.325 e. The lowest BCUT2D eigenvalue weighted by atomic mass is 9.89. The van der Waals surface area contributed by atoms with Gasteiger partial charge >= 0.3 is 5.97 Å². The molecular weight excluding hydrogens is 412 g/mol. The van der Waals surface area contributed by atoms with Gasteiger partial charge in [0, 0.05) is 22.8 Å². The summed E-state index contributed by atoms with van der Waals surface area (Å²) in [6.45, 7) is -0.726. The van der Waals surface area contributed by atoms with E-state index in [1.807, 2.05) is 24.3 Å². The Labute approximate surface area is 185 Å². The Hall–Kier alpha value is -3.55. The number of carbonyl (C=O) groups excluding carboxylic acids is 3. The Bertz CT molecular complexity index is 1150. The SMILES string of the molecule is COc1cc2c(cc1NC(=O)COC(=O)CNC(=O)C1CCCCC1)oc1ccccc12. The summed E-state index contributed by atoms with van der Waals surface area (Å²) < 4.78 is 16.2. The van der Waals surface area contributed by atoms with Gasteiger partial charge in [-0.25, -0.2) is 0 Å². The molecule has 0 radical (unpaired) electrons. The van der Waals surface area contributed by atoms with Gasteiger partial charge in [0.2, 0.25) is 5.91 Å². The molecule has 168 valence electrons. The van der Waals surface area contributed by atoms with Crippen molar-refractivity contribution in [3.8, 4) is 5.75 Å². The minimum atomic E-state index is -0.663. The van der Waals surface area contributed by atoms with Crippen LogP contribution in [-0.4, -0.2) is 38.0 Å². The molecular formula is C24H26N2O6. The number of ether oxygens (including phenoxy) is 2.